The summed E-state index contributed by atoms with van der Waals surface area (Å²) in [6.45, 7) is 10.7. The Morgan fingerprint density at radius 3 is 2.86 bits per heavy atom. The monoisotopic (exact) mass is 403 g/mol. The van der Waals surface area contributed by atoms with Crippen molar-refractivity contribution in [2.75, 3.05) is 13.1 Å². The molecule has 1 unspecified atom stereocenters. The first-order valence-corrected chi connectivity index (χ1v) is 10.0. The molecule has 3 aromatic heterocycles. The summed E-state index contributed by atoms with van der Waals surface area (Å²) < 4.78 is 32.6. The topological polar surface area (TPSA) is 70.8 Å². The molecule has 0 amide bonds. The number of aromatic amines is 1. The number of hydrogen-bond donors (Lipinski definition) is 1. The van der Waals surface area contributed by atoms with E-state index in [1.54, 1.807) is 13.0 Å². The normalized spacial score (nSPS) is 18.8. The molecule has 156 valence electrons. The second-order valence-electron chi connectivity index (χ2n) is 8.98. The maximum atomic E-state index is 13.7. The number of piperidine rings is 1. The third-order valence-corrected chi connectivity index (χ3v) is 5.69. The molecule has 1 atom stereocenters. The predicted octanol–water partition coefficient (Wildman–Crippen LogP) is 4.87. The van der Waals surface area contributed by atoms with Crippen molar-refractivity contribution in [2.45, 2.75) is 64.8 Å². The summed E-state index contributed by atoms with van der Waals surface area (Å²) in [4.78, 5) is 6.90. The molecule has 1 aliphatic heterocycles. The average Bonchev–Trinajstić information content (AvgIpc) is 3.28. The minimum atomic E-state index is -2.59. The molecule has 29 heavy (non-hydrogen) atoms. The third kappa shape index (κ3) is 3.90. The van der Waals surface area contributed by atoms with E-state index in [0.29, 0.717) is 16.8 Å². The van der Waals surface area contributed by atoms with Gasteiger partial charge < -0.3 is 4.52 Å². The summed E-state index contributed by atoms with van der Waals surface area (Å²) in [5.41, 5.74) is 3.59. The van der Waals surface area contributed by atoms with Gasteiger partial charge >= 0.3 is 0 Å². The van der Waals surface area contributed by atoms with E-state index < -0.39 is 6.43 Å². The molecule has 0 radical (unpaired) electrons. The second-order valence-corrected chi connectivity index (χ2v) is 8.98. The Morgan fingerprint density at radius 2 is 2.14 bits per heavy atom. The van der Waals surface area contributed by atoms with Crippen LogP contribution in [0.1, 0.15) is 74.2 Å². The summed E-state index contributed by atoms with van der Waals surface area (Å²) in [5.74, 6) is 0.0843. The first kappa shape index (κ1) is 19.9. The van der Waals surface area contributed by atoms with E-state index >= 15 is 0 Å². The number of H-pyrrole nitrogens is 1. The number of fused-ring (bicyclic) bond motifs is 1. The Hall–Kier alpha value is -2.35. The molecule has 1 saturated heterocycles. The van der Waals surface area contributed by atoms with Gasteiger partial charge in [0.25, 0.3) is 12.1 Å². The number of rotatable bonds is 4. The Bertz CT molecular complexity index is 1000. The van der Waals surface area contributed by atoms with Crippen LogP contribution in [0.3, 0.4) is 0 Å². The van der Waals surface area contributed by atoms with Gasteiger partial charge in [-0.25, -0.2) is 13.8 Å². The van der Waals surface area contributed by atoms with E-state index in [1.807, 2.05) is 6.20 Å². The number of nitrogens with zero attached hydrogens (tertiary/aromatic N) is 4. The van der Waals surface area contributed by atoms with Gasteiger partial charge in [0.15, 0.2) is 0 Å². The highest BCUT2D eigenvalue weighted by atomic mass is 19.3. The first-order chi connectivity index (χ1) is 13.7. The van der Waals surface area contributed by atoms with Crippen LogP contribution in [0.5, 0.6) is 0 Å². The number of aromatic nitrogens is 4. The maximum absolute atomic E-state index is 13.7. The molecule has 6 nitrogen and oxygen atoms in total. The zero-order valence-corrected chi connectivity index (χ0v) is 17.3. The lowest BCUT2D eigenvalue weighted by Crippen LogP contribution is -2.34. The van der Waals surface area contributed by atoms with Crippen LogP contribution in [0.4, 0.5) is 8.78 Å². The summed E-state index contributed by atoms with van der Waals surface area (Å²) in [6.07, 6.45) is 1.22. The lowest BCUT2D eigenvalue weighted by Gasteiger charge is -2.33. The van der Waals surface area contributed by atoms with Crippen molar-refractivity contribution in [1.29, 1.82) is 0 Å². The van der Waals surface area contributed by atoms with Gasteiger partial charge in [-0.1, -0.05) is 25.9 Å². The van der Waals surface area contributed by atoms with Crippen LogP contribution in [-0.2, 0) is 12.0 Å². The van der Waals surface area contributed by atoms with Crippen molar-refractivity contribution >= 4 is 11.1 Å². The third-order valence-electron chi connectivity index (χ3n) is 5.69. The number of hydrogen-bond acceptors (Lipinski definition) is 5. The molecule has 1 aliphatic rings. The average molecular weight is 403 g/mol. The van der Waals surface area contributed by atoms with E-state index in [-0.39, 0.29) is 22.6 Å². The Labute approximate surface area is 168 Å². The standard InChI is InChI=1S/C21H27F2N5O/c1-12-17-15(19(22)23)8-16(25-20(17)29-27-12)13-6-5-7-28(10-13)11-14-9-24-26-18(14)21(2,3)4/h8-9,13,19H,5-7,10-11H2,1-4H3,(H,24,26). The Balaban J connectivity index is 1.58. The van der Waals surface area contributed by atoms with Gasteiger partial charge in [-0.05, 0) is 32.4 Å². The predicted molar refractivity (Wildman–Crippen MR) is 106 cm³/mol. The van der Waals surface area contributed by atoms with Crippen molar-refractivity contribution in [3.05, 3.63) is 40.5 Å². The quantitative estimate of drug-likeness (QED) is 0.673. The molecule has 0 saturated carbocycles. The van der Waals surface area contributed by atoms with Crippen molar-refractivity contribution in [3.8, 4) is 0 Å². The molecule has 3 aromatic rings. The molecule has 0 aromatic carbocycles. The van der Waals surface area contributed by atoms with Gasteiger partial charge in [-0.15, -0.1) is 0 Å². The number of alkyl halides is 2. The largest absolute Gasteiger partial charge is 0.336 e. The van der Waals surface area contributed by atoms with Gasteiger partial charge in [-0.3, -0.25) is 10.00 Å². The lowest BCUT2D eigenvalue weighted by molar-refractivity contribution is 0.152. The zero-order chi connectivity index (χ0) is 20.8. The fourth-order valence-corrected chi connectivity index (χ4v) is 4.29. The Morgan fingerprint density at radius 1 is 1.34 bits per heavy atom. The van der Waals surface area contributed by atoms with Crippen LogP contribution >= 0.6 is 0 Å². The van der Waals surface area contributed by atoms with Crippen molar-refractivity contribution in [2.24, 2.45) is 0 Å². The molecule has 4 rings (SSSR count). The number of pyridine rings is 1. The number of nitrogens with one attached hydrogen (secondary N) is 1. The Kier molecular flexibility index (Phi) is 5.14. The summed E-state index contributed by atoms with van der Waals surface area (Å²) >= 11 is 0. The molecule has 0 aliphatic carbocycles. The highest BCUT2D eigenvalue weighted by Gasteiger charge is 2.28. The number of aryl methyl sites for hydroxylation is 1. The van der Waals surface area contributed by atoms with Gasteiger partial charge in [0, 0.05) is 46.9 Å². The van der Waals surface area contributed by atoms with Gasteiger partial charge in [0.2, 0.25) is 0 Å². The van der Waals surface area contributed by atoms with Crippen LogP contribution < -0.4 is 0 Å². The van der Waals surface area contributed by atoms with E-state index in [2.05, 4.69) is 46.0 Å². The smallest absolute Gasteiger partial charge is 0.264 e. The maximum Gasteiger partial charge on any atom is 0.264 e. The minimum absolute atomic E-state index is 0.00999. The molecule has 1 fully saturated rings. The van der Waals surface area contributed by atoms with E-state index in [4.69, 9.17) is 4.52 Å². The summed E-state index contributed by atoms with van der Waals surface area (Å²) in [6, 6.07) is 1.55. The van der Waals surface area contributed by atoms with Crippen LogP contribution in [0.2, 0.25) is 0 Å². The van der Waals surface area contributed by atoms with Crippen LogP contribution in [0.25, 0.3) is 11.1 Å². The summed E-state index contributed by atoms with van der Waals surface area (Å²) in [7, 11) is 0. The van der Waals surface area contributed by atoms with Gasteiger partial charge in [0.1, 0.15) is 0 Å². The molecule has 0 spiro atoms. The molecule has 4 heterocycles. The van der Waals surface area contributed by atoms with Crippen molar-refractivity contribution in [1.82, 2.24) is 25.2 Å². The highest BCUT2D eigenvalue weighted by molar-refractivity contribution is 5.80. The van der Waals surface area contributed by atoms with Crippen molar-refractivity contribution in [3.63, 3.8) is 0 Å². The number of halogens is 2. The lowest BCUT2D eigenvalue weighted by atomic mass is 9.88. The number of likely N-dealkylation sites (tertiary alicyclic amines) is 1. The minimum Gasteiger partial charge on any atom is -0.336 e. The molecule has 1 N–H and O–H groups in total. The molecular weight excluding hydrogens is 376 g/mol. The van der Waals surface area contributed by atoms with Crippen LogP contribution in [-0.4, -0.2) is 38.3 Å². The molecule has 0 bridgehead atoms. The summed E-state index contributed by atoms with van der Waals surface area (Å²) in [5, 5.41) is 11.5. The van der Waals surface area contributed by atoms with Crippen molar-refractivity contribution < 1.29 is 13.3 Å². The van der Waals surface area contributed by atoms with Crippen LogP contribution in [0, 0.1) is 6.92 Å². The van der Waals surface area contributed by atoms with Gasteiger partial charge in [0.05, 0.1) is 17.3 Å². The van der Waals surface area contributed by atoms with E-state index in [0.717, 1.165) is 38.2 Å². The fourth-order valence-electron chi connectivity index (χ4n) is 4.29. The first-order valence-electron chi connectivity index (χ1n) is 10.0. The zero-order valence-electron chi connectivity index (χ0n) is 17.3. The van der Waals surface area contributed by atoms with E-state index in [1.165, 1.54) is 5.56 Å². The second kappa shape index (κ2) is 7.48. The molecule has 8 heteroatoms. The highest BCUT2D eigenvalue weighted by Crippen LogP contribution is 2.35. The molecular formula is C21H27F2N5O. The SMILES string of the molecule is Cc1noc2nc(C3CCCN(Cc4cn[nH]c4C(C)(C)C)C3)cc(C(F)F)c12. The van der Waals surface area contributed by atoms with Crippen LogP contribution in [0.15, 0.2) is 16.8 Å². The van der Waals surface area contributed by atoms with E-state index in [9.17, 15) is 8.78 Å². The van der Waals surface area contributed by atoms with Gasteiger partial charge in [-0.2, -0.15) is 5.10 Å². The fraction of sp³-hybridized carbons (Fsp3) is 0.571.